The highest BCUT2D eigenvalue weighted by Gasteiger charge is 2.05. The van der Waals surface area contributed by atoms with Crippen molar-refractivity contribution >= 4 is 0 Å². The molecule has 0 radical (unpaired) electrons. The van der Waals surface area contributed by atoms with E-state index in [1.807, 2.05) is 6.92 Å². The van der Waals surface area contributed by atoms with Crippen molar-refractivity contribution in [3.8, 4) is 0 Å². The molecule has 1 unspecified atom stereocenters. The summed E-state index contributed by atoms with van der Waals surface area (Å²) in [5.74, 6) is 0.629. The normalized spacial score (nSPS) is 17.8. The molecule has 0 aromatic rings. The monoisotopic (exact) mass is 182 g/mol. The fourth-order valence-corrected chi connectivity index (χ4v) is 1.10. The lowest BCUT2D eigenvalue weighted by atomic mass is 10.0. The molecule has 0 saturated carbocycles. The summed E-state index contributed by atoms with van der Waals surface area (Å²) in [6.45, 7) is 8.54. The molecule has 0 aliphatic rings. The van der Waals surface area contributed by atoms with Crippen molar-refractivity contribution in [3.63, 3.8) is 0 Å². The van der Waals surface area contributed by atoms with Crippen LogP contribution < -0.4 is 0 Å². The van der Waals surface area contributed by atoms with Gasteiger partial charge in [0.2, 0.25) is 0 Å². The lowest BCUT2D eigenvalue weighted by molar-refractivity contribution is 0.149. The van der Waals surface area contributed by atoms with Crippen molar-refractivity contribution < 1.29 is 4.74 Å². The molecule has 2 atom stereocenters. The molecule has 0 aromatic carbocycles. The van der Waals surface area contributed by atoms with Crippen LogP contribution in [0.25, 0.3) is 0 Å². The Bertz CT molecular complexity index is 180. The Kier molecular flexibility index (Phi) is 6.61. The van der Waals surface area contributed by atoms with Crippen molar-refractivity contribution in [2.75, 3.05) is 7.11 Å². The van der Waals surface area contributed by atoms with Crippen molar-refractivity contribution in [3.05, 3.63) is 23.8 Å². The summed E-state index contributed by atoms with van der Waals surface area (Å²) in [6, 6.07) is 0. The van der Waals surface area contributed by atoms with Crippen LogP contribution in [-0.4, -0.2) is 13.2 Å². The molecular weight excluding hydrogens is 160 g/mol. The van der Waals surface area contributed by atoms with Crippen molar-refractivity contribution in [2.45, 2.75) is 40.2 Å². The van der Waals surface area contributed by atoms with Crippen LogP contribution in [-0.2, 0) is 4.74 Å². The molecule has 0 fully saturated rings. The molecule has 0 saturated heterocycles. The SMILES string of the molecule is CC=C/C(=C\[C@H](C)CC)C(C)OC. The minimum absolute atomic E-state index is 0.199. The van der Waals surface area contributed by atoms with Crippen LogP contribution in [0.4, 0.5) is 0 Å². The fraction of sp³-hybridized carbons (Fsp3) is 0.667. The highest BCUT2D eigenvalue weighted by molar-refractivity contribution is 5.22. The van der Waals surface area contributed by atoms with E-state index in [1.54, 1.807) is 7.11 Å². The zero-order valence-corrected chi connectivity index (χ0v) is 9.50. The summed E-state index contributed by atoms with van der Waals surface area (Å²) in [5, 5.41) is 0. The lowest BCUT2D eigenvalue weighted by Crippen LogP contribution is -2.08. The van der Waals surface area contributed by atoms with Crippen LogP contribution in [0.2, 0.25) is 0 Å². The van der Waals surface area contributed by atoms with Crippen LogP contribution in [0.1, 0.15) is 34.1 Å². The van der Waals surface area contributed by atoms with Gasteiger partial charge in [0.05, 0.1) is 6.10 Å². The van der Waals surface area contributed by atoms with E-state index >= 15 is 0 Å². The molecule has 0 bridgehead atoms. The maximum atomic E-state index is 5.29. The maximum Gasteiger partial charge on any atom is 0.0789 e. The summed E-state index contributed by atoms with van der Waals surface area (Å²) in [4.78, 5) is 0. The molecule has 0 aromatic heterocycles. The number of allylic oxidation sites excluding steroid dienone is 2. The van der Waals surface area contributed by atoms with Gasteiger partial charge in [0.1, 0.15) is 0 Å². The Morgan fingerprint density at radius 1 is 1.38 bits per heavy atom. The largest absolute Gasteiger partial charge is 0.377 e. The Hall–Kier alpha value is -0.560. The average molecular weight is 182 g/mol. The van der Waals surface area contributed by atoms with Gasteiger partial charge in [-0.2, -0.15) is 0 Å². The number of hydrogen-bond acceptors (Lipinski definition) is 1. The van der Waals surface area contributed by atoms with Gasteiger partial charge < -0.3 is 4.74 Å². The second-order valence-corrected chi connectivity index (χ2v) is 3.43. The Morgan fingerprint density at radius 3 is 2.38 bits per heavy atom. The Morgan fingerprint density at radius 2 is 2.00 bits per heavy atom. The van der Waals surface area contributed by atoms with E-state index in [9.17, 15) is 0 Å². The smallest absolute Gasteiger partial charge is 0.0789 e. The second-order valence-electron chi connectivity index (χ2n) is 3.43. The first kappa shape index (κ1) is 12.4. The molecule has 0 aliphatic heterocycles. The van der Waals surface area contributed by atoms with Crippen LogP contribution in [0.3, 0.4) is 0 Å². The van der Waals surface area contributed by atoms with Gasteiger partial charge >= 0.3 is 0 Å². The van der Waals surface area contributed by atoms with Crippen molar-refractivity contribution in [1.82, 2.24) is 0 Å². The van der Waals surface area contributed by atoms with Gasteiger partial charge in [-0.15, -0.1) is 0 Å². The van der Waals surface area contributed by atoms with Gasteiger partial charge in [-0.1, -0.05) is 38.5 Å². The topological polar surface area (TPSA) is 9.23 Å². The van der Waals surface area contributed by atoms with Crippen LogP contribution in [0, 0.1) is 5.92 Å². The molecule has 13 heavy (non-hydrogen) atoms. The first-order chi connectivity index (χ1) is 6.15. The highest BCUT2D eigenvalue weighted by Crippen LogP contribution is 2.13. The fourth-order valence-electron chi connectivity index (χ4n) is 1.10. The van der Waals surface area contributed by atoms with Gasteiger partial charge in [-0.3, -0.25) is 0 Å². The van der Waals surface area contributed by atoms with Crippen LogP contribution >= 0.6 is 0 Å². The first-order valence-electron chi connectivity index (χ1n) is 5.02. The Labute approximate surface area is 82.5 Å². The molecule has 0 amide bonds. The zero-order chi connectivity index (χ0) is 10.3. The van der Waals surface area contributed by atoms with Gasteiger partial charge in [-0.25, -0.2) is 0 Å². The van der Waals surface area contributed by atoms with E-state index in [2.05, 4.69) is 39.0 Å². The van der Waals surface area contributed by atoms with Gasteiger partial charge in [0.25, 0.3) is 0 Å². The number of hydrogen-bond donors (Lipinski definition) is 0. The van der Waals surface area contributed by atoms with Crippen LogP contribution in [0.15, 0.2) is 23.8 Å². The van der Waals surface area contributed by atoms with Gasteiger partial charge in [-0.05, 0) is 25.3 Å². The predicted molar refractivity (Wildman–Crippen MR) is 58.8 cm³/mol. The van der Waals surface area contributed by atoms with Crippen molar-refractivity contribution in [1.29, 1.82) is 0 Å². The van der Waals surface area contributed by atoms with Crippen LogP contribution in [0.5, 0.6) is 0 Å². The van der Waals surface area contributed by atoms with E-state index in [1.165, 1.54) is 12.0 Å². The molecule has 0 spiro atoms. The lowest BCUT2D eigenvalue weighted by Gasteiger charge is -2.13. The van der Waals surface area contributed by atoms with Crippen molar-refractivity contribution in [2.24, 2.45) is 5.92 Å². The summed E-state index contributed by atoms with van der Waals surface area (Å²) in [7, 11) is 1.75. The number of ether oxygens (including phenoxy) is 1. The molecule has 76 valence electrons. The third kappa shape index (κ3) is 4.89. The average Bonchev–Trinajstić information content (AvgIpc) is 2.15. The highest BCUT2D eigenvalue weighted by atomic mass is 16.5. The number of methoxy groups -OCH3 is 1. The molecule has 0 N–H and O–H groups in total. The molecular formula is C12H22O. The summed E-state index contributed by atoms with van der Waals surface area (Å²) < 4.78 is 5.29. The molecule has 0 heterocycles. The van der Waals surface area contributed by atoms with E-state index in [4.69, 9.17) is 4.74 Å². The third-order valence-electron chi connectivity index (χ3n) is 2.30. The summed E-state index contributed by atoms with van der Waals surface area (Å²) in [5.41, 5.74) is 1.28. The third-order valence-corrected chi connectivity index (χ3v) is 2.30. The van der Waals surface area contributed by atoms with E-state index in [0.717, 1.165) is 0 Å². The van der Waals surface area contributed by atoms with E-state index in [-0.39, 0.29) is 6.10 Å². The van der Waals surface area contributed by atoms with E-state index < -0.39 is 0 Å². The molecule has 0 rings (SSSR count). The first-order valence-corrected chi connectivity index (χ1v) is 5.02. The van der Waals surface area contributed by atoms with Gasteiger partial charge in [0, 0.05) is 7.11 Å². The molecule has 1 heteroatoms. The molecule has 1 nitrogen and oxygen atoms in total. The summed E-state index contributed by atoms with van der Waals surface area (Å²) in [6.07, 6.45) is 7.85. The Balaban J connectivity index is 4.48. The second kappa shape index (κ2) is 6.90. The minimum atomic E-state index is 0.199. The summed E-state index contributed by atoms with van der Waals surface area (Å²) >= 11 is 0. The maximum absolute atomic E-state index is 5.29. The predicted octanol–water partition coefficient (Wildman–Crippen LogP) is 3.57. The van der Waals surface area contributed by atoms with Gasteiger partial charge in [0.15, 0.2) is 0 Å². The van der Waals surface area contributed by atoms with E-state index in [0.29, 0.717) is 5.92 Å². The zero-order valence-electron chi connectivity index (χ0n) is 9.50. The standard InChI is InChI=1S/C12H22O/c1-6-8-12(11(4)13-5)9-10(3)7-2/h6,8-11H,7H2,1-5H3/b8-6?,12-9+/t10-,11?/m1/s1. The number of rotatable bonds is 5. The minimum Gasteiger partial charge on any atom is -0.377 e. The quantitative estimate of drug-likeness (QED) is 0.591. The molecule has 0 aliphatic carbocycles.